The Bertz CT molecular complexity index is 934. The van der Waals surface area contributed by atoms with E-state index in [0.717, 1.165) is 18.5 Å². The molecule has 26 heavy (non-hydrogen) atoms. The minimum atomic E-state index is -0.567. The Hall–Kier alpha value is -2.66. The number of hydrogen-bond acceptors (Lipinski definition) is 3. The number of piperidine rings is 1. The normalized spacial score (nSPS) is 20.5. The highest BCUT2D eigenvalue weighted by atomic mass is 16.3. The van der Waals surface area contributed by atoms with Crippen LogP contribution in [0.1, 0.15) is 35.3 Å². The van der Waals surface area contributed by atoms with Gasteiger partial charge < -0.3 is 10.0 Å². The molecule has 4 rings (SSSR count). The van der Waals surface area contributed by atoms with Gasteiger partial charge in [-0.1, -0.05) is 42.5 Å². The van der Waals surface area contributed by atoms with Gasteiger partial charge in [0.25, 0.3) is 5.91 Å². The highest BCUT2D eigenvalue weighted by Gasteiger charge is 2.32. The Morgan fingerprint density at radius 2 is 2.00 bits per heavy atom. The van der Waals surface area contributed by atoms with E-state index >= 15 is 0 Å². The number of carbonyl (C=O) groups is 1. The van der Waals surface area contributed by atoms with Crippen molar-refractivity contribution in [1.82, 2.24) is 14.7 Å². The lowest BCUT2D eigenvalue weighted by atomic mass is 9.86. The van der Waals surface area contributed by atoms with Gasteiger partial charge in [0.2, 0.25) is 0 Å². The quantitative estimate of drug-likeness (QED) is 0.791. The molecule has 3 aromatic rings. The predicted molar refractivity (Wildman–Crippen MR) is 101 cm³/mol. The highest BCUT2D eigenvalue weighted by molar-refractivity contribution is 5.92. The molecule has 2 aromatic carbocycles. The van der Waals surface area contributed by atoms with Crippen LogP contribution >= 0.6 is 0 Å². The number of rotatable bonds is 3. The van der Waals surface area contributed by atoms with E-state index < -0.39 is 6.10 Å². The molecule has 1 aromatic heterocycles. The zero-order valence-electron chi connectivity index (χ0n) is 14.9. The summed E-state index contributed by atoms with van der Waals surface area (Å²) in [5.74, 6) is -0.0509. The van der Waals surface area contributed by atoms with Crippen LogP contribution in [0.5, 0.6) is 0 Å². The number of fused-ring (bicyclic) bond motifs is 1. The molecule has 0 saturated carbocycles. The van der Waals surface area contributed by atoms with E-state index in [9.17, 15) is 9.90 Å². The molecule has 0 unspecified atom stereocenters. The summed E-state index contributed by atoms with van der Waals surface area (Å²) in [6.07, 6.45) is 1.99. The largest absolute Gasteiger partial charge is 0.391 e. The van der Waals surface area contributed by atoms with Crippen molar-refractivity contribution in [3.8, 4) is 0 Å². The van der Waals surface area contributed by atoms with Crippen LogP contribution in [0.2, 0.25) is 0 Å². The minimum Gasteiger partial charge on any atom is -0.391 e. The number of β-amino-alcohol motifs (C(OH)–C–C–N with tert-alkyl or cyclic N) is 1. The van der Waals surface area contributed by atoms with Gasteiger partial charge in [0.05, 0.1) is 6.10 Å². The minimum absolute atomic E-state index is 0.0526. The van der Waals surface area contributed by atoms with Crippen LogP contribution in [0.25, 0.3) is 10.8 Å². The van der Waals surface area contributed by atoms with Gasteiger partial charge in [0.1, 0.15) is 5.69 Å². The average Bonchev–Trinajstić information content (AvgIpc) is 3.16. The summed E-state index contributed by atoms with van der Waals surface area (Å²) in [6, 6.07) is 16.3. The maximum Gasteiger partial charge on any atom is 0.274 e. The summed E-state index contributed by atoms with van der Waals surface area (Å²) in [5, 5.41) is 17.4. The van der Waals surface area contributed by atoms with Crippen LogP contribution < -0.4 is 0 Å². The van der Waals surface area contributed by atoms with Crippen molar-refractivity contribution in [1.29, 1.82) is 0 Å². The van der Waals surface area contributed by atoms with Crippen molar-refractivity contribution >= 4 is 16.7 Å². The third kappa shape index (κ3) is 3.10. The van der Waals surface area contributed by atoms with E-state index in [-0.39, 0.29) is 11.8 Å². The van der Waals surface area contributed by atoms with E-state index in [2.05, 4.69) is 35.4 Å². The van der Waals surface area contributed by atoms with Gasteiger partial charge in [0.15, 0.2) is 0 Å². The fourth-order valence-corrected chi connectivity index (χ4v) is 3.76. The first-order chi connectivity index (χ1) is 12.7. The summed E-state index contributed by atoms with van der Waals surface area (Å²) >= 11 is 0. The third-order valence-corrected chi connectivity index (χ3v) is 5.25. The number of nitrogens with zero attached hydrogens (tertiary/aromatic N) is 3. The second-order valence-electron chi connectivity index (χ2n) is 6.88. The van der Waals surface area contributed by atoms with Gasteiger partial charge in [-0.2, -0.15) is 5.10 Å². The summed E-state index contributed by atoms with van der Waals surface area (Å²) in [4.78, 5) is 14.3. The molecule has 1 fully saturated rings. The van der Waals surface area contributed by atoms with Crippen LogP contribution in [0.3, 0.4) is 0 Å². The maximum absolute atomic E-state index is 12.6. The fourth-order valence-electron chi connectivity index (χ4n) is 3.76. The Labute approximate surface area is 152 Å². The Morgan fingerprint density at radius 1 is 1.19 bits per heavy atom. The number of aromatic nitrogens is 2. The molecule has 2 atom stereocenters. The van der Waals surface area contributed by atoms with E-state index in [1.165, 1.54) is 10.8 Å². The Kier molecular flexibility index (Phi) is 4.47. The molecule has 2 heterocycles. The summed E-state index contributed by atoms with van der Waals surface area (Å²) in [5.41, 5.74) is 1.58. The van der Waals surface area contributed by atoms with Crippen LogP contribution in [0.15, 0.2) is 54.7 Å². The monoisotopic (exact) mass is 349 g/mol. The lowest BCUT2D eigenvalue weighted by molar-refractivity contribution is 0.0377. The average molecular weight is 349 g/mol. The van der Waals surface area contributed by atoms with Gasteiger partial charge in [-0.25, -0.2) is 0 Å². The first-order valence-corrected chi connectivity index (χ1v) is 9.15. The molecule has 1 amide bonds. The van der Waals surface area contributed by atoms with E-state index in [4.69, 9.17) is 0 Å². The molecular formula is C21H23N3O2. The molecule has 5 nitrogen and oxygen atoms in total. The van der Waals surface area contributed by atoms with Crippen molar-refractivity contribution in [3.05, 3.63) is 66.0 Å². The predicted octanol–water partition coefficient (Wildman–Crippen LogP) is 3.05. The van der Waals surface area contributed by atoms with Crippen molar-refractivity contribution < 1.29 is 9.90 Å². The van der Waals surface area contributed by atoms with Crippen LogP contribution in [-0.2, 0) is 6.54 Å². The zero-order valence-corrected chi connectivity index (χ0v) is 14.9. The van der Waals surface area contributed by atoms with Crippen molar-refractivity contribution in [2.24, 2.45) is 0 Å². The number of amides is 1. The number of aliphatic hydroxyl groups excluding tert-OH is 1. The molecule has 0 aliphatic carbocycles. The van der Waals surface area contributed by atoms with E-state index in [1.807, 2.05) is 25.3 Å². The molecule has 1 N–H and O–H groups in total. The van der Waals surface area contributed by atoms with E-state index in [0.29, 0.717) is 18.8 Å². The molecule has 1 aliphatic rings. The smallest absolute Gasteiger partial charge is 0.274 e. The number of benzene rings is 2. The lowest BCUT2D eigenvalue weighted by Crippen LogP contribution is -2.45. The molecule has 134 valence electrons. The van der Waals surface area contributed by atoms with Gasteiger partial charge >= 0.3 is 0 Å². The van der Waals surface area contributed by atoms with Gasteiger partial charge in [0, 0.05) is 31.7 Å². The Balaban J connectivity index is 1.49. The first kappa shape index (κ1) is 16.8. The van der Waals surface area contributed by atoms with Crippen molar-refractivity contribution in [2.45, 2.75) is 31.9 Å². The second kappa shape index (κ2) is 6.92. The van der Waals surface area contributed by atoms with Crippen LogP contribution in [0.4, 0.5) is 0 Å². The summed E-state index contributed by atoms with van der Waals surface area (Å²) in [6.45, 7) is 3.70. The zero-order chi connectivity index (χ0) is 18.1. The molecule has 1 aliphatic heterocycles. The molecular weight excluding hydrogens is 326 g/mol. The number of aliphatic hydroxyl groups is 1. The van der Waals surface area contributed by atoms with Crippen molar-refractivity contribution in [3.63, 3.8) is 0 Å². The Morgan fingerprint density at radius 3 is 2.73 bits per heavy atom. The molecule has 5 heteroatoms. The number of hydrogen-bond donors (Lipinski definition) is 1. The summed E-state index contributed by atoms with van der Waals surface area (Å²) in [7, 11) is 0. The number of carbonyl (C=O) groups excluding carboxylic acids is 1. The molecule has 0 spiro atoms. The second-order valence-corrected chi connectivity index (χ2v) is 6.88. The van der Waals surface area contributed by atoms with Crippen molar-refractivity contribution in [2.75, 3.05) is 13.1 Å². The number of aryl methyl sites for hydroxylation is 1. The van der Waals surface area contributed by atoms with Gasteiger partial charge in [-0.05, 0) is 35.7 Å². The highest BCUT2D eigenvalue weighted by Crippen LogP contribution is 2.31. The molecule has 0 radical (unpaired) electrons. The maximum atomic E-state index is 12.6. The van der Waals surface area contributed by atoms with Gasteiger partial charge in [-0.3, -0.25) is 9.48 Å². The SMILES string of the molecule is CCn1ccc(C(=O)N2CC[C@@H](c3ccc4ccccc4c3)[C@H](O)C2)n1. The first-order valence-electron chi connectivity index (χ1n) is 9.15. The van der Waals surface area contributed by atoms with Gasteiger partial charge in [-0.15, -0.1) is 0 Å². The molecule has 0 bridgehead atoms. The van der Waals surface area contributed by atoms with Crippen LogP contribution in [-0.4, -0.2) is 44.9 Å². The van der Waals surface area contributed by atoms with Crippen LogP contribution in [0, 0.1) is 0 Å². The lowest BCUT2D eigenvalue weighted by Gasteiger charge is -2.36. The third-order valence-electron chi connectivity index (χ3n) is 5.25. The standard InChI is InChI=1S/C21H23N3O2/c1-2-24-12-10-19(22-24)21(26)23-11-9-18(20(25)14-23)17-8-7-15-5-3-4-6-16(15)13-17/h3-8,10,12-13,18,20,25H,2,9,11,14H2,1H3/t18-,20+/m0/s1. The summed E-state index contributed by atoms with van der Waals surface area (Å²) < 4.78 is 1.74. The fraction of sp³-hybridized carbons (Fsp3) is 0.333. The molecule has 1 saturated heterocycles. The van der Waals surface area contributed by atoms with E-state index in [1.54, 1.807) is 15.6 Å². The topological polar surface area (TPSA) is 58.4 Å². The number of likely N-dealkylation sites (tertiary alicyclic amines) is 1.